The van der Waals surface area contributed by atoms with Crippen LogP contribution in [-0.4, -0.2) is 33.5 Å². The van der Waals surface area contributed by atoms with Crippen LogP contribution < -0.4 is 20.3 Å². The van der Waals surface area contributed by atoms with Crippen LogP contribution in [0.4, 0.5) is 5.69 Å². The van der Waals surface area contributed by atoms with E-state index in [9.17, 15) is 4.79 Å². The van der Waals surface area contributed by atoms with Gasteiger partial charge in [0.2, 0.25) is 5.88 Å². The Hall–Kier alpha value is -3.42. The van der Waals surface area contributed by atoms with Crippen LogP contribution in [0.1, 0.15) is 29.3 Å². The van der Waals surface area contributed by atoms with Crippen LogP contribution in [0.3, 0.4) is 0 Å². The Morgan fingerprint density at radius 2 is 2.07 bits per heavy atom. The minimum Gasteiger partial charge on any atom is -0.495 e. The molecule has 3 aromatic heterocycles. The van der Waals surface area contributed by atoms with Crippen molar-refractivity contribution in [2.45, 2.75) is 25.8 Å². The summed E-state index contributed by atoms with van der Waals surface area (Å²) < 4.78 is 12.3. The van der Waals surface area contributed by atoms with Crippen LogP contribution in [0.5, 0.6) is 11.6 Å². The molecule has 1 aliphatic carbocycles. The van der Waals surface area contributed by atoms with E-state index in [4.69, 9.17) is 9.47 Å². The Balaban J connectivity index is 1.36. The predicted molar refractivity (Wildman–Crippen MR) is 113 cm³/mol. The highest BCUT2D eigenvalue weighted by atomic mass is 16.5. The quantitative estimate of drug-likeness (QED) is 0.614. The lowest BCUT2D eigenvalue weighted by Crippen LogP contribution is -2.24. The van der Waals surface area contributed by atoms with E-state index in [1.54, 1.807) is 32.6 Å². The molecule has 8 heteroatoms. The van der Waals surface area contributed by atoms with Crippen LogP contribution in [0.2, 0.25) is 0 Å². The summed E-state index contributed by atoms with van der Waals surface area (Å²) in [5.74, 6) is 1.95. The van der Waals surface area contributed by atoms with E-state index in [-0.39, 0.29) is 5.56 Å². The highest BCUT2D eigenvalue weighted by Crippen LogP contribution is 2.46. The van der Waals surface area contributed by atoms with Crippen molar-refractivity contribution in [3.8, 4) is 11.6 Å². The Morgan fingerprint density at radius 3 is 2.77 bits per heavy atom. The van der Waals surface area contributed by atoms with E-state index >= 15 is 0 Å². The third-order valence-corrected chi connectivity index (χ3v) is 5.24. The number of ether oxygens (including phenoxy) is 2. The summed E-state index contributed by atoms with van der Waals surface area (Å²) in [6.45, 7) is 2.97. The molecule has 0 radical (unpaired) electrons. The summed E-state index contributed by atoms with van der Waals surface area (Å²) in [5, 5.41) is 7.38. The van der Waals surface area contributed by atoms with Crippen LogP contribution in [0, 0.1) is 12.8 Å². The zero-order valence-corrected chi connectivity index (χ0v) is 17.3. The molecule has 0 amide bonds. The molecule has 0 aliphatic heterocycles. The Kier molecular flexibility index (Phi) is 5.65. The first kappa shape index (κ1) is 19.9. The minimum atomic E-state index is -0.200. The van der Waals surface area contributed by atoms with Crippen molar-refractivity contribution in [2.24, 2.45) is 13.0 Å². The number of anilines is 1. The molecular formula is C22H25N5O3. The smallest absolute Gasteiger partial charge is 0.290 e. The van der Waals surface area contributed by atoms with E-state index in [2.05, 4.69) is 20.4 Å². The lowest BCUT2D eigenvalue weighted by molar-refractivity contribution is 0.278. The molecule has 1 N–H and O–H groups in total. The van der Waals surface area contributed by atoms with Crippen molar-refractivity contribution in [1.29, 1.82) is 0 Å². The molecule has 0 bridgehead atoms. The first-order chi connectivity index (χ1) is 14.5. The SMILES string of the molecule is COc1ccc(C2CC2COc2cc(NCc3ccc(C)nc3)c(=O)n(C)n2)nc1. The van der Waals surface area contributed by atoms with E-state index in [0.29, 0.717) is 36.6 Å². The molecule has 30 heavy (non-hydrogen) atoms. The van der Waals surface area contributed by atoms with Gasteiger partial charge in [-0.3, -0.25) is 14.8 Å². The number of rotatable bonds is 8. The Labute approximate surface area is 174 Å². The van der Waals surface area contributed by atoms with E-state index in [1.807, 2.05) is 31.2 Å². The summed E-state index contributed by atoms with van der Waals surface area (Å²) in [6.07, 6.45) is 4.56. The fraction of sp³-hybridized carbons (Fsp3) is 0.364. The predicted octanol–water partition coefficient (Wildman–Crippen LogP) is 2.68. The molecular weight excluding hydrogens is 382 g/mol. The zero-order chi connectivity index (χ0) is 21.1. The average Bonchev–Trinajstić information content (AvgIpc) is 3.54. The van der Waals surface area contributed by atoms with Crippen molar-refractivity contribution in [2.75, 3.05) is 19.0 Å². The number of hydrogen-bond acceptors (Lipinski definition) is 7. The van der Waals surface area contributed by atoms with Crippen molar-refractivity contribution >= 4 is 5.69 Å². The second-order valence-corrected chi connectivity index (χ2v) is 7.52. The molecule has 4 rings (SSSR count). The molecule has 1 saturated carbocycles. The first-order valence-corrected chi connectivity index (χ1v) is 9.90. The van der Waals surface area contributed by atoms with Crippen molar-refractivity contribution in [3.63, 3.8) is 0 Å². The Morgan fingerprint density at radius 1 is 1.20 bits per heavy atom. The van der Waals surface area contributed by atoms with Gasteiger partial charge in [-0.05, 0) is 37.1 Å². The van der Waals surface area contributed by atoms with Gasteiger partial charge < -0.3 is 14.8 Å². The largest absolute Gasteiger partial charge is 0.495 e. The molecule has 1 fully saturated rings. The maximum absolute atomic E-state index is 12.4. The number of hydrogen-bond donors (Lipinski definition) is 1. The van der Waals surface area contributed by atoms with Gasteiger partial charge in [-0.25, -0.2) is 4.68 Å². The molecule has 0 aromatic carbocycles. The van der Waals surface area contributed by atoms with Crippen molar-refractivity contribution < 1.29 is 9.47 Å². The lowest BCUT2D eigenvalue weighted by Gasteiger charge is -2.11. The number of nitrogens with zero attached hydrogens (tertiary/aromatic N) is 4. The third kappa shape index (κ3) is 4.59. The van der Waals surface area contributed by atoms with Gasteiger partial charge in [0.05, 0.1) is 19.9 Å². The molecule has 2 unspecified atom stereocenters. The monoisotopic (exact) mass is 407 g/mol. The summed E-state index contributed by atoms with van der Waals surface area (Å²) in [7, 11) is 3.25. The second kappa shape index (κ2) is 8.52. The standard InChI is InChI=1S/C22H25N5O3/c1-14-4-5-15(10-23-14)11-24-20-9-21(26-27(2)22(20)28)30-13-16-8-18(16)19-7-6-17(29-3)12-25-19/h4-7,9-10,12,16,18,24H,8,11,13H2,1-3H3. The first-order valence-electron chi connectivity index (χ1n) is 9.90. The molecule has 0 saturated heterocycles. The van der Waals surface area contributed by atoms with Crippen LogP contribution >= 0.6 is 0 Å². The fourth-order valence-corrected chi connectivity index (χ4v) is 3.30. The number of pyridine rings is 2. The van der Waals surface area contributed by atoms with Crippen molar-refractivity contribution in [1.82, 2.24) is 19.7 Å². The van der Waals surface area contributed by atoms with Gasteiger partial charge in [0.15, 0.2) is 0 Å². The van der Waals surface area contributed by atoms with Gasteiger partial charge >= 0.3 is 0 Å². The van der Waals surface area contributed by atoms with Gasteiger partial charge in [0, 0.05) is 49.1 Å². The lowest BCUT2D eigenvalue weighted by atomic mass is 10.2. The number of nitrogens with one attached hydrogen (secondary N) is 1. The highest BCUT2D eigenvalue weighted by molar-refractivity contribution is 5.44. The molecule has 8 nitrogen and oxygen atoms in total. The minimum absolute atomic E-state index is 0.200. The normalized spacial score (nSPS) is 17.4. The van der Waals surface area contributed by atoms with Gasteiger partial charge in [-0.15, -0.1) is 5.10 Å². The topological polar surface area (TPSA) is 91.2 Å². The molecule has 1 aliphatic rings. The number of aromatic nitrogens is 4. The Bertz CT molecular complexity index is 1060. The molecule has 0 spiro atoms. The zero-order valence-electron chi connectivity index (χ0n) is 17.3. The van der Waals surface area contributed by atoms with E-state index in [0.717, 1.165) is 29.1 Å². The molecule has 2 atom stereocenters. The van der Waals surface area contributed by atoms with Gasteiger partial charge in [-0.2, -0.15) is 0 Å². The maximum Gasteiger partial charge on any atom is 0.290 e. The van der Waals surface area contributed by atoms with E-state index in [1.165, 1.54) is 4.68 Å². The van der Waals surface area contributed by atoms with Crippen LogP contribution in [0.25, 0.3) is 0 Å². The molecule has 3 aromatic rings. The van der Waals surface area contributed by atoms with E-state index < -0.39 is 0 Å². The molecule has 156 valence electrons. The average molecular weight is 407 g/mol. The second-order valence-electron chi connectivity index (χ2n) is 7.52. The number of aryl methyl sites for hydroxylation is 2. The number of methoxy groups -OCH3 is 1. The van der Waals surface area contributed by atoms with Gasteiger partial charge in [-0.1, -0.05) is 6.07 Å². The molecule has 3 heterocycles. The third-order valence-electron chi connectivity index (χ3n) is 5.24. The van der Waals surface area contributed by atoms with Crippen molar-refractivity contribution in [3.05, 3.63) is 70.0 Å². The van der Waals surface area contributed by atoms with Gasteiger partial charge in [0.1, 0.15) is 11.4 Å². The van der Waals surface area contributed by atoms with Crippen LogP contribution in [-0.2, 0) is 13.6 Å². The summed E-state index contributed by atoms with van der Waals surface area (Å²) in [5.41, 5.74) is 3.25. The summed E-state index contributed by atoms with van der Waals surface area (Å²) in [4.78, 5) is 21.1. The van der Waals surface area contributed by atoms with Crippen LogP contribution in [0.15, 0.2) is 47.5 Å². The fourth-order valence-electron chi connectivity index (χ4n) is 3.30. The van der Waals surface area contributed by atoms with Gasteiger partial charge in [0.25, 0.3) is 5.56 Å². The summed E-state index contributed by atoms with van der Waals surface area (Å²) >= 11 is 0. The maximum atomic E-state index is 12.4. The highest BCUT2D eigenvalue weighted by Gasteiger charge is 2.40. The summed E-state index contributed by atoms with van der Waals surface area (Å²) in [6, 6.07) is 9.51.